The van der Waals surface area contributed by atoms with Crippen LogP contribution in [0, 0.1) is 23.2 Å². The lowest BCUT2D eigenvalue weighted by Gasteiger charge is -2.27. The van der Waals surface area contributed by atoms with Gasteiger partial charge in [-0.2, -0.15) is 5.26 Å². The summed E-state index contributed by atoms with van der Waals surface area (Å²) in [4.78, 5) is 24.4. The highest BCUT2D eigenvalue weighted by Crippen LogP contribution is 2.30. The maximum Gasteiger partial charge on any atom is 0.227 e. The van der Waals surface area contributed by atoms with E-state index in [0.717, 1.165) is 12.8 Å². The van der Waals surface area contributed by atoms with E-state index in [0.29, 0.717) is 24.1 Å². The van der Waals surface area contributed by atoms with Crippen molar-refractivity contribution in [3.63, 3.8) is 0 Å². The smallest absolute Gasteiger partial charge is 0.227 e. The molecule has 5 heteroatoms. The van der Waals surface area contributed by atoms with Crippen LogP contribution in [0.3, 0.4) is 0 Å². The predicted molar refractivity (Wildman–Crippen MR) is 88.5 cm³/mol. The average Bonchev–Trinajstić information content (AvgIpc) is 2.55. The van der Waals surface area contributed by atoms with Gasteiger partial charge in [0.25, 0.3) is 0 Å². The van der Waals surface area contributed by atoms with Gasteiger partial charge >= 0.3 is 0 Å². The van der Waals surface area contributed by atoms with Gasteiger partial charge in [-0.1, -0.05) is 12.1 Å². The van der Waals surface area contributed by atoms with Crippen LogP contribution in [0.25, 0.3) is 0 Å². The maximum absolute atomic E-state index is 12.4. The summed E-state index contributed by atoms with van der Waals surface area (Å²) < 4.78 is 0. The summed E-state index contributed by atoms with van der Waals surface area (Å²) in [6, 6.07) is 9.20. The Kier molecular flexibility index (Phi) is 5.75. The van der Waals surface area contributed by atoms with E-state index in [1.54, 1.807) is 24.3 Å². The highest BCUT2D eigenvalue weighted by Gasteiger charge is 2.30. The van der Waals surface area contributed by atoms with Crippen LogP contribution in [-0.2, 0) is 9.59 Å². The number of hydrogen-bond donors (Lipinski definition) is 2. The molecule has 2 rings (SSSR count). The topological polar surface area (TPSA) is 82.0 Å². The molecular formula is C18H23N3O2. The Morgan fingerprint density at radius 2 is 1.65 bits per heavy atom. The number of rotatable bonds is 4. The van der Waals surface area contributed by atoms with Crippen molar-refractivity contribution >= 4 is 17.5 Å². The first kappa shape index (κ1) is 17.0. The summed E-state index contributed by atoms with van der Waals surface area (Å²) in [7, 11) is 0. The first-order valence-corrected chi connectivity index (χ1v) is 8.11. The summed E-state index contributed by atoms with van der Waals surface area (Å²) in [6.45, 7) is 3.90. The molecule has 1 aromatic carbocycles. The van der Waals surface area contributed by atoms with Crippen LogP contribution in [0.5, 0.6) is 0 Å². The summed E-state index contributed by atoms with van der Waals surface area (Å²) in [5.41, 5.74) is 1.02. The number of para-hydroxylation sites is 1. The van der Waals surface area contributed by atoms with Crippen LogP contribution in [0.15, 0.2) is 24.3 Å². The lowest BCUT2D eigenvalue weighted by Crippen LogP contribution is -2.38. The Balaban J connectivity index is 1.89. The van der Waals surface area contributed by atoms with Crippen molar-refractivity contribution in [2.24, 2.45) is 11.8 Å². The van der Waals surface area contributed by atoms with Crippen molar-refractivity contribution in [2.45, 2.75) is 45.6 Å². The third kappa shape index (κ3) is 4.56. The molecule has 1 saturated carbocycles. The molecule has 0 spiro atoms. The standard InChI is InChI=1S/C18H23N3O2/c1-12(2)20-17(22)13-7-9-14(10-8-13)18(23)21-16-6-4-3-5-15(16)11-19/h3-6,12-14H,7-10H2,1-2H3,(H,20,22)(H,21,23). The molecule has 0 bridgehead atoms. The number of anilines is 1. The van der Waals surface area contributed by atoms with Gasteiger partial charge in [0.2, 0.25) is 11.8 Å². The fraction of sp³-hybridized carbons (Fsp3) is 0.500. The number of hydrogen-bond acceptors (Lipinski definition) is 3. The zero-order valence-corrected chi connectivity index (χ0v) is 13.6. The Bertz CT molecular complexity index is 611. The molecule has 1 aliphatic rings. The Hall–Kier alpha value is -2.35. The molecule has 0 unspecified atom stereocenters. The molecule has 0 saturated heterocycles. The zero-order valence-electron chi connectivity index (χ0n) is 13.6. The van der Waals surface area contributed by atoms with Gasteiger partial charge in [-0.3, -0.25) is 9.59 Å². The first-order chi connectivity index (χ1) is 11.0. The number of nitriles is 1. The highest BCUT2D eigenvalue weighted by atomic mass is 16.2. The summed E-state index contributed by atoms with van der Waals surface area (Å²) >= 11 is 0. The van der Waals surface area contributed by atoms with Crippen LogP contribution in [0.1, 0.15) is 45.1 Å². The van der Waals surface area contributed by atoms with Crippen LogP contribution in [0.4, 0.5) is 5.69 Å². The molecule has 0 heterocycles. The van der Waals surface area contributed by atoms with Crippen molar-refractivity contribution in [3.05, 3.63) is 29.8 Å². The summed E-state index contributed by atoms with van der Waals surface area (Å²) in [5, 5.41) is 14.8. The van der Waals surface area contributed by atoms with E-state index in [2.05, 4.69) is 16.7 Å². The molecule has 0 atom stereocenters. The molecular weight excluding hydrogens is 290 g/mol. The van der Waals surface area contributed by atoms with Gasteiger partial charge in [0, 0.05) is 17.9 Å². The molecule has 1 fully saturated rings. The van der Waals surface area contributed by atoms with Crippen molar-refractivity contribution in [1.82, 2.24) is 5.32 Å². The normalized spacial score (nSPS) is 20.6. The quantitative estimate of drug-likeness (QED) is 0.896. The molecule has 1 aromatic rings. The fourth-order valence-electron chi connectivity index (χ4n) is 2.94. The van der Waals surface area contributed by atoms with Crippen molar-refractivity contribution in [1.29, 1.82) is 5.26 Å². The second-order valence-corrected chi connectivity index (χ2v) is 6.36. The van der Waals surface area contributed by atoms with E-state index in [4.69, 9.17) is 5.26 Å². The minimum atomic E-state index is -0.0927. The first-order valence-electron chi connectivity index (χ1n) is 8.11. The molecule has 122 valence electrons. The van der Waals surface area contributed by atoms with Gasteiger partial charge < -0.3 is 10.6 Å². The largest absolute Gasteiger partial charge is 0.354 e. The summed E-state index contributed by atoms with van der Waals surface area (Å²) in [6.07, 6.45) is 2.88. The van der Waals surface area contributed by atoms with Gasteiger partial charge in [-0.05, 0) is 51.7 Å². The van der Waals surface area contributed by atoms with Gasteiger partial charge in [0.1, 0.15) is 6.07 Å². The molecule has 5 nitrogen and oxygen atoms in total. The van der Waals surface area contributed by atoms with Crippen LogP contribution >= 0.6 is 0 Å². The van der Waals surface area contributed by atoms with Crippen LogP contribution < -0.4 is 10.6 Å². The highest BCUT2D eigenvalue weighted by molar-refractivity contribution is 5.94. The Morgan fingerprint density at radius 3 is 2.22 bits per heavy atom. The van der Waals surface area contributed by atoms with Gasteiger partial charge in [0.15, 0.2) is 0 Å². The Labute approximate surface area is 137 Å². The van der Waals surface area contributed by atoms with Gasteiger partial charge in [-0.25, -0.2) is 0 Å². The summed E-state index contributed by atoms with van der Waals surface area (Å²) in [5.74, 6) is -0.0539. The third-order valence-corrected chi connectivity index (χ3v) is 4.21. The van der Waals surface area contributed by atoms with Crippen molar-refractivity contribution in [2.75, 3.05) is 5.32 Å². The van der Waals surface area contributed by atoms with E-state index in [1.807, 2.05) is 13.8 Å². The van der Waals surface area contributed by atoms with Crippen LogP contribution in [-0.4, -0.2) is 17.9 Å². The number of benzene rings is 1. The van der Waals surface area contributed by atoms with E-state index < -0.39 is 0 Å². The zero-order chi connectivity index (χ0) is 16.8. The van der Waals surface area contributed by atoms with E-state index in [-0.39, 0.29) is 29.7 Å². The minimum Gasteiger partial charge on any atom is -0.354 e. The molecule has 2 amide bonds. The minimum absolute atomic E-state index is 0.00726. The monoisotopic (exact) mass is 313 g/mol. The van der Waals surface area contributed by atoms with E-state index in [1.165, 1.54) is 0 Å². The van der Waals surface area contributed by atoms with Gasteiger partial charge in [-0.15, -0.1) is 0 Å². The third-order valence-electron chi connectivity index (χ3n) is 4.21. The van der Waals surface area contributed by atoms with E-state index in [9.17, 15) is 9.59 Å². The van der Waals surface area contributed by atoms with Crippen molar-refractivity contribution < 1.29 is 9.59 Å². The molecule has 2 N–H and O–H groups in total. The number of amides is 2. The number of nitrogens with zero attached hydrogens (tertiary/aromatic N) is 1. The molecule has 0 radical (unpaired) electrons. The number of carbonyl (C=O) groups excluding carboxylic acids is 2. The predicted octanol–water partition coefficient (Wildman–Crippen LogP) is 2.83. The molecule has 0 aliphatic heterocycles. The lowest BCUT2D eigenvalue weighted by atomic mass is 9.81. The fourth-order valence-corrected chi connectivity index (χ4v) is 2.94. The second-order valence-electron chi connectivity index (χ2n) is 6.36. The number of nitrogens with one attached hydrogen (secondary N) is 2. The Morgan fingerprint density at radius 1 is 1.09 bits per heavy atom. The average molecular weight is 313 g/mol. The molecule has 23 heavy (non-hydrogen) atoms. The lowest BCUT2D eigenvalue weighted by molar-refractivity contribution is -0.128. The van der Waals surface area contributed by atoms with Gasteiger partial charge in [0.05, 0.1) is 11.3 Å². The molecule has 0 aromatic heterocycles. The SMILES string of the molecule is CC(C)NC(=O)C1CCC(C(=O)Nc2ccccc2C#N)CC1. The maximum atomic E-state index is 12.4. The van der Waals surface area contributed by atoms with Crippen LogP contribution in [0.2, 0.25) is 0 Å². The second kappa shape index (κ2) is 7.77. The number of carbonyl (C=O) groups is 2. The van der Waals surface area contributed by atoms with E-state index >= 15 is 0 Å². The van der Waals surface area contributed by atoms with Crippen molar-refractivity contribution in [3.8, 4) is 6.07 Å². The molecule has 1 aliphatic carbocycles.